The molecule has 5 aliphatic heterocycles. The second kappa shape index (κ2) is 22.0. The maximum atomic E-state index is 12.9. The number of hydrogen-bond donors (Lipinski definition) is 14. The Morgan fingerprint density at radius 1 is 0.484 bits per heavy atom. The summed E-state index contributed by atoms with van der Waals surface area (Å²) in [6.07, 6.45) is -38.8. The summed E-state index contributed by atoms with van der Waals surface area (Å²) < 4.78 is 59.6. The first-order valence-corrected chi connectivity index (χ1v) is 21.0. The summed E-state index contributed by atoms with van der Waals surface area (Å²) in [7, 11) is 0. The second-order valence-electron chi connectivity index (χ2n) is 17.6. The Morgan fingerprint density at radius 2 is 0.938 bits per heavy atom. The van der Waals surface area contributed by atoms with E-state index in [1.165, 1.54) is 20.8 Å². The molecule has 5 aliphatic rings. The molecule has 26 heteroatoms. The van der Waals surface area contributed by atoms with E-state index >= 15 is 0 Å². The molecule has 5 saturated heterocycles. The van der Waals surface area contributed by atoms with Gasteiger partial charge >= 0.3 is 0 Å². The van der Waals surface area contributed by atoms with E-state index in [0.29, 0.717) is 0 Å². The van der Waals surface area contributed by atoms with Crippen LogP contribution in [0.4, 0.5) is 0 Å². The fourth-order valence-electron chi connectivity index (χ4n) is 8.03. The molecule has 0 aromatic heterocycles. The Kier molecular flexibility index (Phi) is 18.2. The van der Waals surface area contributed by atoms with Crippen molar-refractivity contribution in [3.05, 3.63) is 0 Å². The maximum Gasteiger partial charge on any atom is 0.217 e. The second-order valence-corrected chi connectivity index (χ2v) is 17.6. The summed E-state index contributed by atoms with van der Waals surface area (Å²) in [5.74, 6) is -1.31. The van der Waals surface area contributed by atoms with Crippen LogP contribution < -0.4 is 10.6 Å². The molecule has 0 radical (unpaired) electrons. The molecule has 0 aliphatic carbocycles. The third-order valence-electron chi connectivity index (χ3n) is 11.5. The van der Waals surface area contributed by atoms with Crippen molar-refractivity contribution in [1.82, 2.24) is 10.6 Å². The van der Waals surface area contributed by atoms with Gasteiger partial charge in [0.15, 0.2) is 31.5 Å². The smallest absolute Gasteiger partial charge is 0.217 e. The number of aliphatic hydroxyl groups is 12. The fourth-order valence-corrected chi connectivity index (χ4v) is 8.03. The van der Waals surface area contributed by atoms with Crippen LogP contribution in [0.3, 0.4) is 0 Å². The Bertz CT molecular complexity index is 1510. The van der Waals surface area contributed by atoms with Gasteiger partial charge in [0.05, 0.1) is 37.6 Å². The van der Waals surface area contributed by atoms with Crippen LogP contribution in [0.2, 0.25) is 0 Å². The van der Waals surface area contributed by atoms with Gasteiger partial charge in [-0.25, -0.2) is 0 Å². The molecule has 5 heterocycles. The van der Waals surface area contributed by atoms with Gasteiger partial charge in [0.1, 0.15) is 110 Å². The molecule has 0 bridgehead atoms. The lowest BCUT2D eigenvalue weighted by atomic mass is 9.94. The average molecular weight is 935 g/mol. The molecule has 64 heavy (non-hydrogen) atoms. The van der Waals surface area contributed by atoms with E-state index in [-0.39, 0.29) is 0 Å². The van der Waals surface area contributed by atoms with Gasteiger partial charge in [-0.05, 0) is 34.6 Å². The number of carbonyl (C=O) groups is 2. The third-order valence-corrected chi connectivity index (χ3v) is 11.5. The standard InChI is InChI=1S/C38H66N2O24/c1-11-20(45)25(50)28(53)35(56-11)62-31-19(40-14(4)44)33(55-10-17-23(48)24(49)18(39-13(3)43)34(60-17)64-38(5,6)7)59-16(9-42)30(31)61-37-32(27(52)22(47)15(8-41)58-37)63-36-29(54)26(51)21(46)12(2)57-36/h11-12,15-37,41-42,45-54H,8-10H2,1-7H3,(H,39,43)(H,40,44)/t11?,12?,15?,16?,17?,18?,19?,20?,21-,22?,23?,24?,25-,26?,27+,28?,29+,30?,31-,32?,33+,34?,35+,36?,37+/m1/s1. The lowest BCUT2D eigenvalue weighted by Crippen LogP contribution is -2.70. The van der Waals surface area contributed by atoms with Crippen molar-refractivity contribution in [2.45, 2.75) is 207 Å². The van der Waals surface area contributed by atoms with Crippen LogP contribution in [0.25, 0.3) is 0 Å². The Labute approximate surface area is 367 Å². The van der Waals surface area contributed by atoms with Crippen molar-refractivity contribution in [1.29, 1.82) is 0 Å². The average Bonchev–Trinajstić information content (AvgIpc) is 3.22. The fraction of sp³-hybridized carbons (Fsp3) is 0.947. The molecule has 0 saturated carbocycles. The number of rotatable bonds is 14. The molecule has 26 nitrogen and oxygen atoms in total. The molecular weight excluding hydrogens is 868 g/mol. The zero-order valence-corrected chi connectivity index (χ0v) is 36.3. The lowest BCUT2D eigenvalue weighted by molar-refractivity contribution is -0.393. The molecule has 14 N–H and O–H groups in total. The van der Waals surface area contributed by atoms with E-state index in [1.54, 1.807) is 20.8 Å². The minimum absolute atomic E-state index is 0.561. The molecule has 5 rings (SSSR count). The van der Waals surface area contributed by atoms with Crippen molar-refractivity contribution in [2.24, 2.45) is 0 Å². The summed E-state index contributed by atoms with van der Waals surface area (Å²) in [4.78, 5) is 24.9. The number of nitrogens with one attached hydrogen (secondary N) is 2. The van der Waals surface area contributed by atoms with Gasteiger partial charge in [-0.1, -0.05) is 0 Å². The van der Waals surface area contributed by atoms with Crippen LogP contribution in [-0.4, -0.2) is 252 Å². The molecule has 2 amide bonds. The lowest BCUT2D eigenvalue weighted by Gasteiger charge is -2.51. The summed E-state index contributed by atoms with van der Waals surface area (Å²) in [6, 6.07) is -2.82. The largest absolute Gasteiger partial charge is 0.394 e. The minimum Gasteiger partial charge on any atom is -0.394 e. The summed E-state index contributed by atoms with van der Waals surface area (Å²) in [5.41, 5.74) is -0.887. The van der Waals surface area contributed by atoms with Crippen molar-refractivity contribution >= 4 is 11.8 Å². The molecular formula is C38H66N2O24. The monoisotopic (exact) mass is 934 g/mol. The summed E-state index contributed by atoms with van der Waals surface area (Å²) in [5, 5.41) is 134. The predicted molar refractivity (Wildman–Crippen MR) is 206 cm³/mol. The van der Waals surface area contributed by atoms with E-state index in [1.807, 2.05) is 0 Å². The van der Waals surface area contributed by atoms with Crippen LogP contribution in [0.15, 0.2) is 0 Å². The SMILES string of the molecule is CC(=O)NC1C(OC(C)(C)C)OC(CO[C@H]2OC(CO)C(O[C@@H]3OC(CO)C(O)[C@H](O)C3OC3OC(C)[C@@H](O)C(O)[C@@H]3O)[C@H](O[C@@H]3OC(C)C(O)[C@@H](O)C3O)C2NC(C)=O)C(O)C1O. The first-order chi connectivity index (χ1) is 29.9. The van der Waals surface area contributed by atoms with Crippen LogP contribution in [0.1, 0.15) is 48.5 Å². The summed E-state index contributed by atoms with van der Waals surface area (Å²) >= 11 is 0. The van der Waals surface area contributed by atoms with Crippen LogP contribution in [0, 0.1) is 0 Å². The highest BCUT2D eigenvalue weighted by atomic mass is 16.8. The van der Waals surface area contributed by atoms with E-state index in [0.717, 1.165) is 6.92 Å². The van der Waals surface area contributed by atoms with Gasteiger partial charge in [-0.2, -0.15) is 0 Å². The molecule has 372 valence electrons. The Morgan fingerprint density at radius 3 is 1.44 bits per heavy atom. The Hall–Kier alpha value is -1.94. The molecule has 0 aromatic rings. The van der Waals surface area contributed by atoms with Crippen LogP contribution in [0.5, 0.6) is 0 Å². The third kappa shape index (κ3) is 12.0. The normalized spacial score (nSPS) is 48.1. The number of carbonyl (C=O) groups excluding carboxylic acids is 2. The van der Waals surface area contributed by atoms with Gasteiger partial charge in [0.25, 0.3) is 0 Å². The van der Waals surface area contributed by atoms with E-state index in [9.17, 15) is 70.9 Å². The van der Waals surface area contributed by atoms with E-state index in [2.05, 4.69) is 10.6 Å². The highest BCUT2D eigenvalue weighted by Crippen LogP contribution is 2.36. The molecule has 5 fully saturated rings. The zero-order chi connectivity index (χ0) is 47.7. The molecule has 17 unspecified atom stereocenters. The van der Waals surface area contributed by atoms with Crippen LogP contribution >= 0.6 is 0 Å². The number of hydrogen-bond acceptors (Lipinski definition) is 24. The topological polar surface area (TPSA) is 393 Å². The van der Waals surface area contributed by atoms with Gasteiger partial charge in [-0.3, -0.25) is 9.59 Å². The molecule has 25 atom stereocenters. The van der Waals surface area contributed by atoms with E-state index in [4.69, 9.17) is 47.4 Å². The maximum absolute atomic E-state index is 12.9. The van der Waals surface area contributed by atoms with Gasteiger partial charge in [0, 0.05) is 13.8 Å². The zero-order valence-electron chi connectivity index (χ0n) is 36.3. The summed E-state index contributed by atoms with van der Waals surface area (Å²) in [6.45, 7) is 7.55. The highest BCUT2D eigenvalue weighted by molar-refractivity contribution is 5.73. The Balaban J connectivity index is 1.50. The first-order valence-electron chi connectivity index (χ1n) is 21.0. The number of amides is 2. The van der Waals surface area contributed by atoms with Gasteiger partial charge < -0.3 is 119 Å². The van der Waals surface area contributed by atoms with Gasteiger partial charge in [-0.15, -0.1) is 0 Å². The van der Waals surface area contributed by atoms with Crippen molar-refractivity contribution in [3.63, 3.8) is 0 Å². The molecule has 0 spiro atoms. The van der Waals surface area contributed by atoms with Crippen molar-refractivity contribution in [2.75, 3.05) is 19.8 Å². The number of aliphatic hydroxyl groups excluding tert-OH is 12. The van der Waals surface area contributed by atoms with E-state index < -0.39 is 191 Å². The van der Waals surface area contributed by atoms with Crippen LogP contribution in [-0.2, 0) is 57.0 Å². The number of ether oxygens (including phenoxy) is 10. The molecule has 0 aromatic carbocycles. The van der Waals surface area contributed by atoms with Crippen molar-refractivity contribution < 1.29 is 118 Å². The highest BCUT2D eigenvalue weighted by Gasteiger charge is 2.57. The predicted octanol–water partition coefficient (Wildman–Crippen LogP) is -7.76. The first kappa shape index (κ1) is 53.0. The minimum atomic E-state index is -2.00. The quantitative estimate of drug-likeness (QED) is 0.0769. The van der Waals surface area contributed by atoms with Crippen molar-refractivity contribution in [3.8, 4) is 0 Å². The van der Waals surface area contributed by atoms with Gasteiger partial charge in [0.2, 0.25) is 11.8 Å².